The zero-order valence-corrected chi connectivity index (χ0v) is 34.1. The zero-order chi connectivity index (χ0) is 39.8. The predicted molar refractivity (Wildman–Crippen MR) is 216 cm³/mol. The summed E-state index contributed by atoms with van der Waals surface area (Å²) in [6, 6.07) is 49.5. The van der Waals surface area contributed by atoms with Gasteiger partial charge in [0.05, 0.1) is 10.9 Å². The maximum atomic E-state index is 11.7. The average molecular weight is 859 g/mol. The van der Waals surface area contributed by atoms with Gasteiger partial charge < -0.3 is 4.70 Å². The van der Waals surface area contributed by atoms with Crippen LogP contribution < -0.4 is 4.70 Å². The summed E-state index contributed by atoms with van der Waals surface area (Å²) in [7, 11) is -8.89. The average Bonchev–Trinajstić information content (AvgIpc) is 3.13. The first-order chi connectivity index (χ1) is 25.9. The van der Waals surface area contributed by atoms with Crippen molar-refractivity contribution < 1.29 is 40.1 Å². The van der Waals surface area contributed by atoms with Crippen LogP contribution >= 0.6 is 43.4 Å². The molecule has 0 aliphatic rings. The van der Waals surface area contributed by atoms with Crippen molar-refractivity contribution in [2.24, 2.45) is 0 Å². The number of rotatable bonds is 12. The number of hydrogen-bond donors (Lipinski definition) is 0. The van der Waals surface area contributed by atoms with Crippen LogP contribution in [0.1, 0.15) is 51.8 Å². The van der Waals surface area contributed by atoms with Gasteiger partial charge >= 0.3 is 29.1 Å². The van der Waals surface area contributed by atoms with Crippen molar-refractivity contribution in [1.29, 1.82) is 0 Å². The summed E-state index contributed by atoms with van der Waals surface area (Å²) in [6.45, 7) is 4.75. The van der Waals surface area contributed by atoms with Gasteiger partial charge in [-0.15, -0.1) is 0 Å². The molecule has 0 aliphatic carbocycles. The van der Waals surface area contributed by atoms with E-state index >= 15 is 0 Å². The monoisotopic (exact) mass is 858 g/mol. The fraction of sp³-hybridized carbons (Fsp3) is 0.0714. The molecule has 0 unspecified atom stereocenters. The first-order valence-corrected chi connectivity index (χ1v) is 21.8. The molecule has 0 radical (unpaired) electrons. The van der Waals surface area contributed by atoms with Crippen LogP contribution in [0, 0.1) is 0 Å². The van der Waals surface area contributed by atoms with Crippen molar-refractivity contribution in [3.8, 4) is 0 Å². The normalized spacial score (nSPS) is 11.7. The molecule has 0 saturated heterocycles. The SMILES string of the molecule is CC(=O)c1ccc(Sc2ccc([S+](c3ccc(Sc4ccc(C(C)=O)cc4)cc3)c3ccc(Sc4ccc(C(C)=O)cc4)cc3)cc2)cc1.FP(F)(F)(F)F.[F-]. The topological polar surface area (TPSA) is 51.2 Å². The minimum atomic E-state index is -8.55. The van der Waals surface area contributed by atoms with Crippen LogP contribution in [-0.2, 0) is 10.9 Å². The first-order valence-electron chi connectivity index (χ1n) is 16.5. The molecule has 0 saturated carbocycles. The van der Waals surface area contributed by atoms with Gasteiger partial charge in [0.25, 0.3) is 0 Å². The van der Waals surface area contributed by atoms with Crippen molar-refractivity contribution in [3.63, 3.8) is 0 Å². The van der Waals surface area contributed by atoms with E-state index in [9.17, 15) is 35.4 Å². The fourth-order valence-corrected chi connectivity index (χ4v) is 9.51. The minimum Gasteiger partial charge on any atom is -1.00 e. The maximum Gasteiger partial charge on any atom is -1.00 e. The molecule has 3 nitrogen and oxygen atoms in total. The molecule has 0 N–H and O–H groups in total. The van der Waals surface area contributed by atoms with E-state index in [1.807, 2.05) is 72.8 Å². The van der Waals surface area contributed by atoms with Gasteiger partial charge in [-0.25, -0.2) is 0 Å². The third-order valence-electron chi connectivity index (χ3n) is 7.67. The van der Waals surface area contributed by atoms with Gasteiger partial charge in [0.2, 0.25) is 0 Å². The molecule has 0 aliphatic heterocycles. The molecule has 6 rings (SSSR count). The number of halogens is 6. The zero-order valence-electron chi connectivity index (χ0n) is 29.9. The molecular formula is C42H33F6O3PS4. The Morgan fingerprint density at radius 2 is 0.536 bits per heavy atom. The number of ketones is 3. The number of Topliss-reactive ketones (excluding diaryl/α,β-unsaturated/α-hetero) is 3. The van der Waals surface area contributed by atoms with Crippen molar-refractivity contribution in [3.05, 3.63) is 162 Å². The second-order valence-corrected chi connectivity index (χ2v) is 18.7. The van der Waals surface area contributed by atoms with Crippen molar-refractivity contribution in [2.75, 3.05) is 0 Å². The Labute approximate surface area is 337 Å². The maximum absolute atomic E-state index is 11.7. The molecule has 290 valence electrons. The Hall–Kier alpha value is -4.26. The van der Waals surface area contributed by atoms with Crippen molar-refractivity contribution in [2.45, 2.75) is 64.8 Å². The molecule has 14 heteroatoms. The summed E-state index contributed by atoms with van der Waals surface area (Å²) in [4.78, 5) is 45.4. The Bertz CT molecular complexity index is 2000. The number of hydrogen-bond acceptors (Lipinski definition) is 6. The number of carbonyl (C=O) groups excluding carboxylic acids is 3. The summed E-state index contributed by atoms with van der Waals surface area (Å²) in [6.07, 6.45) is 0. The van der Waals surface area contributed by atoms with Gasteiger partial charge in [0.15, 0.2) is 32.0 Å². The van der Waals surface area contributed by atoms with E-state index in [-0.39, 0.29) is 32.9 Å². The van der Waals surface area contributed by atoms with Crippen LogP contribution in [0.4, 0.5) is 21.0 Å². The summed E-state index contributed by atoms with van der Waals surface area (Å²) in [5, 5.41) is 0. The summed E-state index contributed by atoms with van der Waals surface area (Å²) >= 11 is 5.04. The van der Waals surface area contributed by atoms with Gasteiger partial charge in [-0.2, -0.15) is 0 Å². The molecule has 0 bridgehead atoms. The van der Waals surface area contributed by atoms with E-state index in [1.165, 1.54) is 14.7 Å². The number of carbonyl (C=O) groups is 3. The molecule has 56 heavy (non-hydrogen) atoms. The van der Waals surface area contributed by atoms with Gasteiger partial charge in [0.1, 0.15) is 0 Å². The standard InChI is InChI=1S/C42H33O3S4.F5P.FH/c1-28(43)31-4-10-34(11-5-31)46-37-16-22-40(23-17-37)49(41-24-18-38(19-25-41)47-35-12-6-32(7-13-35)29(2)44)42-26-20-39(21-27-42)48-36-14-8-33(9-15-36)30(3)45;1-6(2,3,4)5;/h4-27H,1-3H3;;1H/q+1;;/p-1. The summed E-state index contributed by atoms with van der Waals surface area (Å²) < 4.78 is 49.2. The third-order valence-corrected chi connectivity index (χ3v) is 12.9. The van der Waals surface area contributed by atoms with E-state index in [4.69, 9.17) is 0 Å². The Kier molecular flexibility index (Phi) is 15.3. The van der Waals surface area contributed by atoms with Gasteiger partial charge in [0, 0.05) is 46.1 Å². The van der Waals surface area contributed by atoms with Gasteiger partial charge in [-0.05, 0) is 130 Å². The number of benzene rings is 6. The fourth-order valence-electron chi connectivity index (χ4n) is 5.02. The van der Waals surface area contributed by atoms with E-state index in [0.29, 0.717) is 16.7 Å². The quantitative estimate of drug-likeness (QED) is 0.0529. The van der Waals surface area contributed by atoms with Crippen molar-refractivity contribution in [1.82, 2.24) is 0 Å². The second-order valence-electron chi connectivity index (χ2n) is 11.9. The van der Waals surface area contributed by atoms with Crippen LogP contribution in [0.15, 0.2) is 190 Å². The molecule has 0 spiro atoms. The Balaban J connectivity index is 0.000000922. The molecule has 0 atom stereocenters. The van der Waals surface area contributed by atoms with E-state index in [0.717, 1.165) is 29.4 Å². The minimum absolute atomic E-state index is 0. The van der Waals surface area contributed by atoms with Gasteiger partial charge in [-0.3, -0.25) is 14.4 Å². The first kappa shape index (κ1) is 44.5. The largest absolute Gasteiger partial charge is 1.00 e. The molecule has 0 amide bonds. The predicted octanol–water partition coefficient (Wildman–Crippen LogP) is 11.8. The molecule has 6 aromatic rings. The smallest absolute Gasteiger partial charge is 1.00 e. The van der Waals surface area contributed by atoms with Crippen molar-refractivity contribution >= 4 is 71.7 Å². The van der Waals surface area contributed by atoms with Crippen LogP contribution in [-0.4, -0.2) is 17.3 Å². The van der Waals surface area contributed by atoms with E-state index in [2.05, 4.69) is 72.8 Å². The van der Waals surface area contributed by atoms with E-state index < -0.39 is 8.16 Å². The molecule has 0 aromatic heterocycles. The summed E-state index contributed by atoms with van der Waals surface area (Å²) in [5.41, 5.74) is 2.15. The Morgan fingerprint density at radius 1 is 0.375 bits per heavy atom. The summed E-state index contributed by atoms with van der Waals surface area (Å²) in [5.74, 6) is 0.202. The second kappa shape index (κ2) is 19.3. The van der Waals surface area contributed by atoms with E-state index in [1.54, 1.807) is 56.1 Å². The molecule has 0 heterocycles. The van der Waals surface area contributed by atoms with Crippen LogP contribution in [0.3, 0.4) is 0 Å². The Morgan fingerprint density at radius 3 is 0.696 bits per heavy atom. The molecule has 0 fully saturated rings. The van der Waals surface area contributed by atoms with Crippen LogP contribution in [0.25, 0.3) is 0 Å². The van der Waals surface area contributed by atoms with Crippen LogP contribution in [0.5, 0.6) is 0 Å². The third kappa shape index (κ3) is 14.0. The van der Waals surface area contributed by atoms with Gasteiger partial charge in [-0.1, -0.05) is 71.7 Å². The molecule has 6 aromatic carbocycles. The molecular weight excluding hydrogens is 826 g/mol. The van der Waals surface area contributed by atoms with Crippen LogP contribution in [0.2, 0.25) is 0 Å².